The summed E-state index contributed by atoms with van der Waals surface area (Å²) in [5, 5.41) is 0. The number of piperidine rings is 1. The van der Waals surface area contributed by atoms with Gasteiger partial charge in [-0.1, -0.05) is 0 Å². The molecule has 2 aromatic rings. The van der Waals surface area contributed by atoms with Gasteiger partial charge in [0.1, 0.15) is 0 Å². The van der Waals surface area contributed by atoms with E-state index in [1.54, 1.807) is 27.7 Å². The van der Waals surface area contributed by atoms with E-state index in [4.69, 9.17) is 0 Å². The molecule has 0 N–H and O–H groups in total. The Kier molecular flexibility index (Phi) is 5.28. The molecular formula is C20H22BrN3O3S. The number of hydrogen-bond donors (Lipinski definition) is 0. The van der Waals surface area contributed by atoms with Crippen LogP contribution in [0.3, 0.4) is 0 Å². The number of benzene rings is 1. The van der Waals surface area contributed by atoms with Crippen LogP contribution in [0, 0.1) is 0 Å². The van der Waals surface area contributed by atoms with Gasteiger partial charge >= 0.3 is 0 Å². The van der Waals surface area contributed by atoms with Crippen LogP contribution in [0.25, 0.3) is 0 Å². The van der Waals surface area contributed by atoms with Crippen LogP contribution >= 0.6 is 15.9 Å². The summed E-state index contributed by atoms with van der Waals surface area (Å²) >= 11 is 3.44. The molecule has 3 heterocycles. The van der Waals surface area contributed by atoms with E-state index in [9.17, 15) is 13.2 Å². The fourth-order valence-corrected chi connectivity index (χ4v) is 6.66. The van der Waals surface area contributed by atoms with Crippen molar-refractivity contribution >= 4 is 37.5 Å². The van der Waals surface area contributed by atoms with E-state index in [-0.39, 0.29) is 10.8 Å². The molecule has 0 unspecified atom stereocenters. The number of rotatable bonds is 3. The maximum absolute atomic E-state index is 13.3. The number of aromatic nitrogens is 1. The number of carbonyl (C=O) groups excluding carboxylic acids is 1. The Morgan fingerprint density at radius 1 is 1.14 bits per heavy atom. The van der Waals surface area contributed by atoms with Gasteiger partial charge in [-0.15, -0.1) is 0 Å². The number of hydrogen-bond acceptors (Lipinski definition) is 4. The lowest BCUT2D eigenvalue weighted by molar-refractivity contribution is -0.116. The third kappa shape index (κ3) is 3.49. The molecule has 148 valence electrons. The zero-order chi connectivity index (χ0) is 19.9. The van der Waals surface area contributed by atoms with Gasteiger partial charge in [0.25, 0.3) is 0 Å². The summed E-state index contributed by atoms with van der Waals surface area (Å²) in [7, 11) is -3.63. The summed E-state index contributed by atoms with van der Waals surface area (Å²) in [6.07, 6.45) is 5.86. The van der Waals surface area contributed by atoms with Gasteiger partial charge in [0, 0.05) is 49.1 Å². The zero-order valence-corrected chi connectivity index (χ0v) is 18.0. The molecule has 0 spiro atoms. The van der Waals surface area contributed by atoms with E-state index in [2.05, 4.69) is 20.9 Å². The summed E-state index contributed by atoms with van der Waals surface area (Å²) in [6.45, 7) is 3.07. The van der Waals surface area contributed by atoms with Gasteiger partial charge in [0.2, 0.25) is 15.9 Å². The Balaban J connectivity index is 1.58. The molecule has 1 saturated heterocycles. The molecule has 1 aromatic heterocycles. The summed E-state index contributed by atoms with van der Waals surface area (Å²) in [5.41, 5.74) is 2.92. The summed E-state index contributed by atoms with van der Waals surface area (Å²) in [6, 6.07) is 7.50. The Hall–Kier alpha value is -1.77. The molecule has 0 bridgehead atoms. The highest BCUT2D eigenvalue weighted by molar-refractivity contribution is 9.10. The van der Waals surface area contributed by atoms with Gasteiger partial charge in [0.15, 0.2) is 0 Å². The molecule has 8 heteroatoms. The molecule has 4 rings (SSSR count). The van der Waals surface area contributed by atoms with Crippen LogP contribution in [-0.2, 0) is 21.2 Å². The number of nitrogens with zero attached hydrogens (tertiary/aromatic N) is 3. The lowest BCUT2D eigenvalue weighted by Crippen LogP contribution is -2.38. The van der Waals surface area contributed by atoms with Gasteiger partial charge in [-0.3, -0.25) is 9.78 Å². The first-order chi connectivity index (χ1) is 13.4. The van der Waals surface area contributed by atoms with Crippen LogP contribution < -0.4 is 4.90 Å². The second-order valence-corrected chi connectivity index (χ2v) is 10.1. The van der Waals surface area contributed by atoms with Gasteiger partial charge in [0.05, 0.1) is 4.90 Å². The van der Waals surface area contributed by atoms with E-state index in [0.717, 1.165) is 24.8 Å². The molecule has 2 aliphatic heterocycles. The molecule has 1 amide bonds. The van der Waals surface area contributed by atoms with E-state index < -0.39 is 10.0 Å². The van der Waals surface area contributed by atoms with E-state index >= 15 is 0 Å². The van der Waals surface area contributed by atoms with Crippen molar-refractivity contribution in [3.63, 3.8) is 0 Å². The van der Waals surface area contributed by atoms with E-state index in [1.807, 2.05) is 18.2 Å². The molecule has 1 aromatic carbocycles. The van der Waals surface area contributed by atoms with Crippen molar-refractivity contribution in [2.75, 3.05) is 24.5 Å². The quantitative estimate of drug-likeness (QED) is 0.699. The van der Waals surface area contributed by atoms with Crippen molar-refractivity contribution in [2.24, 2.45) is 0 Å². The summed E-state index contributed by atoms with van der Waals surface area (Å²) in [5.74, 6) is 0.286. The summed E-state index contributed by atoms with van der Waals surface area (Å²) in [4.78, 5) is 17.8. The van der Waals surface area contributed by atoms with Crippen molar-refractivity contribution in [3.05, 3.63) is 52.3 Å². The first kappa shape index (κ1) is 19.5. The standard InChI is InChI=1S/C20H22BrN3O3S/c1-14(25)24-11-6-17-12-18(21)20(13-19(17)24)28(26,27)23-9-4-16(5-10-23)15-2-7-22-8-3-15/h2-3,7-8,12-13,16H,4-6,9-11H2,1H3. The second-order valence-electron chi connectivity index (χ2n) is 7.29. The minimum atomic E-state index is -3.63. The molecule has 0 radical (unpaired) electrons. The van der Waals surface area contributed by atoms with E-state index in [1.165, 1.54) is 12.5 Å². The molecule has 2 aliphatic rings. The Bertz CT molecular complexity index is 1000. The van der Waals surface area contributed by atoms with Gasteiger partial charge in [-0.2, -0.15) is 4.31 Å². The third-order valence-corrected chi connectivity index (χ3v) is 8.52. The molecule has 28 heavy (non-hydrogen) atoms. The Morgan fingerprint density at radius 3 is 2.46 bits per heavy atom. The summed E-state index contributed by atoms with van der Waals surface area (Å²) < 4.78 is 28.7. The number of fused-ring (bicyclic) bond motifs is 1. The molecule has 0 atom stereocenters. The van der Waals surface area contributed by atoms with Gasteiger partial charge in [-0.05, 0) is 76.5 Å². The highest BCUT2D eigenvalue weighted by Crippen LogP contribution is 2.38. The van der Waals surface area contributed by atoms with Crippen molar-refractivity contribution in [2.45, 2.75) is 37.0 Å². The number of pyridine rings is 1. The fraction of sp³-hybridized carbons (Fsp3) is 0.400. The van der Waals surface area contributed by atoms with Crippen molar-refractivity contribution in [1.82, 2.24) is 9.29 Å². The van der Waals surface area contributed by atoms with Crippen molar-refractivity contribution in [1.29, 1.82) is 0 Å². The average molecular weight is 464 g/mol. The van der Waals surface area contributed by atoms with Crippen LogP contribution in [0.2, 0.25) is 0 Å². The lowest BCUT2D eigenvalue weighted by atomic mass is 9.91. The Morgan fingerprint density at radius 2 is 1.82 bits per heavy atom. The smallest absolute Gasteiger partial charge is 0.244 e. The molecule has 0 aliphatic carbocycles. The van der Waals surface area contributed by atoms with Crippen molar-refractivity contribution in [3.8, 4) is 0 Å². The highest BCUT2D eigenvalue weighted by atomic mass is 79.9. The van der Waals surface area contributed by atoms with Gasteiger partial charge < -0.3 is 4.90 Å². The van der Waals surface area contributed by atoms with Crippen LogP contribution in [0.1, 0.15) is 36.8 Å². The number of amides is 1. The average Bonchev–Trinajstić information content (AvgIpc) is 3.11. The predicted molar refractivity (Wildman–Crippen MR) is 111 cm³/mol. The number of carbonyl (C=O) groups is 1. The van der Waals surface area contributed by atoms with Crippen LogP contribution in [-0.4, -0.2) is 43.2 Å². The molecule has 6 nitrogen and oxygen atoms in total. The first-order valence-corrected chi connectivity index (χ1v) is 11.6. The highest BCUT2D eigenvalue weighted by Gasteiger charge is 2.33. The predicted octanol–water partition coefficient (Wildman–Crippen LogP) is 3.32. The van der Waals surface area contributed by atoms with Crippen LogP contribution in [0.15, 0.2) is 46.0 Å². The molecule has 0 saturated carbocycles. The normalized spacial score (nSPS) is 18.3. The third-order valence-electron chi connectivity index (χ3n) is 5.66. The minimum Gasteiger partial charge on any atom is -0.312 e. The van der Waals surface area contributed by atoms with E-state index in [0.29, 0.717) is 35.7 Å². The molecular weight excluding hydrogens is 442 g/mol. The van der Waals surface area contributed by atoms with Gasteiger partial charge in [-0.25, -0.2) is 8.42 Å². The second kappa shape index (κ2) is 7.57. The van der Waals surface area contributed by atoms with Crippen LogP contribution in [0.4, 0.5) is 5.69 Å². The number of anilines is 1. The SMILES string of the molecule is CC(=O)N1CCc2cc(Br)c(S(=O)(=O)N3CCC(c4ccncc4)CC3)cc21. The maximum Gasteiger partial charge on any atom is 0.244 e. The van der Waals surface area contributed by atoms with Crippen LogP contribution in [0.5, 0.6) is 0 Å². The minimum absolute atomic E-state index is 0.0671. The largest absolute Gasteiger partial charge is 0.312 e. The fourth-order valence-electron chi connectivity index (χ4n) is 4.12. The molecule has 1 fully saturated rings. The Labute approximate surface area is 173 Å². The number of sulfonamides is 1. The topological polar surface area (TPSA) is 70.6 Å². The monoisotopic (exact) mass is 463 g/mol. The lowest BCUT2D eigenvalue weighted by Gasteiger charge is -2.31. The zero-order valence-electron chi connectivity index (χ0n) is 15.6. The van der Waals surface area contributed by atoms with Crippen molar-refractivity contribution < 1.29 is 13.2 Å². The maximum atomic E-state index is 13.3. The number of halogens is 1. The first-order valence-electron chi connectivity index (χ1n) is 9.38.